The molecule has 0 spiro atoms. The van der Waals surface area contributed by atoms with Crippen LogP contribution < -0.4 is 5.19 Å². The van der Waals surface area contributed by atoms with Crippen LogP contribution in [0.2, 0.25) is 19.6 Å². The maximum Gasteiger partial charge on any atom is 0.216 e. The Morgan fingerprint density at radius 3 is 2.09 bits per heavy atom. The molecule has 6 aromatic carbocycles. The Morgan fingerprint density at radius 2 is 1.42 bits per heavy atom. The van der Waals surface area contributed by atoms with Gasteiger partial charge in [-0.15, -0.1) is 54.1 Å². The number of hydrogen-bond donors (Lipinski definition) is 0. The number of furan rings is 1. The van der Waals surface area contributed by atoms with Gasteiger partial charge in [0.15, 0.2) is 0 Å². The molecule has 0 aliphatic carbocycles. The van der Waals surface area contributed by atoms with Crippen LogP contribution in [0.3, 0.4) is 0 Å². The number of benzene rings is 6. The molecule has 4 heterocycles. The predicted octanol–water partition coefficient (Wildman–Crippen LogP) is 14.6. The van der Waals surface area contributed by atoms with Crippen LogP contribution in [0, 0.1) is 17.9 Å². The van der Waals surface area contributed by atoms with Crippen molar-refractivity contribution < 1.29 is 31.7 Å². The van der Waals surface area contributed by atoms with Gasteiger partial charge in [-0.05, 0) is 92.5 Å². The van der Waals surface area contributed by atoms with E-state index >= 15 is 0 Å². The van der Waals surface area contributed by atoms with Crippen molar-refractivity contribution in [3.8, 4) is 33.8 Å². The summed E-state index contributed by atoms with van der Waals surface area (Å²) in [7, 11) is -1.23. The molecule has 8 heteroatoms. The van der Waals surface area contributed by atoms with Crippen LogP contribution in [-0.2, 0) is 33.0 Å². The van der Waals surface area contributed by atoms with Gasteiger partial charge in [-0.2, -0.15) is 0 Å². The number of halogens is 1. The molecule has 10 rings (SSSR count). The van der Waals surface area contributed by atoms with Crippen molar-refractivity contribution in [3.05, 3.63) is 204 Å². The van der Waals surface area contributed by atoms with Crippen LogP contribution in [0.15, 0.2) is 162 Å². The van der Waals surface area contributed by atoms with Crippen LogP contribution in [0.5, 0.6) is 0 Å². The predicted molar refractivity (Wildman–Crippen MR) is 269 cm³/mol. The molecule has 0 saturated heterocycles. The largest absolute Gasteiger partial charge is 0.486 e. The molecule has 66 heavy (non-hydrogen) atoms. The molecule has 0 bridgehead atoms. The first kappa shape index (κ1) is 43.6. The molecule has 333 valence electrons. The molecule has 0 saturated carbocycles. The van der Waals surface area contributed by atoms with Crippen molar-refractivity contribution in [1.29, 1.82) is 0 Å². The minimum absolute atomic E-state index is 0. The number of fused-ring (bicyclic) bond motifs is 4. The Labute approximate surface area is 405 Å². The molecule has 10 aromatic rings. The van der Waals surface area contributed by atoms with Gasteiger partial charge in [0.2, 0.25) is 5.71 Å². The van der Waals surface area contributed by atoms with E-state index in [1.165, 1.54) is 34.0 Å². The standard InChI is InChI=1S/C44H37FN3O.C14H16NSi.Ir/c1-27(2)37-24-31(30-17-19-32(45)20-18-30)25-38(28(3)4)39(37)26-48-41-16-9-8-15-40(41)47-43(48)36-14-10-13-34-35-22-21-33(46-44(35)49-42(34)36)23-29-11-6-5-7-12-29;1-16(2,3)13-9-10-14(15-11-13)12-7-5-4-6-8-12;/h5-13,15-22,24-25,27-28H,23,26H2,1-4H3;4-7,9-11H,1-3H3;/q2*-1;/i23D2;;. The summed E-state index contributed by atoms with van der Waals surface area (Å²) in [6.07, 6.45) is 0.217. The third-order valence-electron chi connectivity index (χ3n) is 11.9. The van der Waals surface area contributed by atoms with E-state index in [9.17, 15) is 4.39 Å². The minimum atomic E-state index is -1.80. The number of nitrogens with zero attached hydrogens (tertiary/aromatic N) is 4. The molecule has 5 nitrogen and oxygen atoms in total. The van der Waals surface area contributed by atoms with Gasteiger partial charge in [-0.25, -0.2) is 9.37 Å². The zero-order valence-electron chi connectivity index (χ0n) is 40.3. The van der Waals surface area contributed by atoms with Crippen molar-refractivity contribution in [2.45, 2.75) is 72.1 Å². The molecular weight excluding hydrogens is 1010 g/mol. The quantitative estimate of drug-likeness (QED) is 0.101. The number of rotatable bonds is 10. The Bertz CT molecular complexity index is 3320. The van der Waals surface area contributed by atoms with Gasteiger partial charge in [-0.3, -0.25) is 4.98 Å². The number of imidazole rings is 1. The van der Waals surface area contributed by atoms with E-state index in [0.29, 0.717) is 23.4 Å². The maximum atomic E-state index is 13.8. The molecule has 0 N–H and O–H groups in total. The Hall–Kier alpha value is -6.31. The first-order chi connectivity index (χ1) is 32.2. The molecule has 0 amide bonds. The topological polar surface area (TPSA) is 56.7 Å². The Morgan fingerprint density at radius 1 is 0.712 bits per heavy atom. The first-order valence-electron chi connectivity index (χ1n) is 23.3. The van der Waals surface area contributed by atoms with Crippen molar-refractivity contribution >= 4 is 46.4 Å². The second-order valence-corrected chi connectivity index (χ2v) is 23.2. The Balaban J connectivity index is 0.000000312. The fraction of sp³-hybridized carbons (Fsp3) is 0.190. The van der Waals surface area contributed by atoms with Gasteiger partial charge in [0.25, 0.3) is 0 Å². The van der Waals surface area contributed by atoms with Crippen molar-refractivity contribution in [1.82, 2.24) is 19.5 Å². The fourth-order valence-electron chi connectivity index (χ4n) is 8.40. The number of hydrogen-bond acceptors (Lipinski definition) is 4. The zero-order valence-corrected chi connectivity index (χ0v) is 41.7. The number of aromatic nitrogens is 4. The molecule has 0 aliphatic heterocycles. The average molecular weight is 1060 g/mol. The molecule has 4 aromatic heterocycles. The second kappa shape index (κ2) is 19.7. The zero-order chi connectivity index (χ0) is 47.0. The second-order valence-electron chi connectivity index (χ2n) is 18.2. The Kier molecular flexibility index (Phi) is 13.0. The van der Waals surface area contributed by atoms with E-state index in [2.05, 4.69) is 99.4 Å². The van der Waals surface area contributed by atoms with E-state index in [-0.39, 0.29) is 43.5 Å². The van der Waals surface area contributed by atoms with Crippen LogP contribution in [0.4, 0.5) is 4.39 Å². The molecule has 0 unspecified atom stereocenters. The summed E-state index contributed by atoms with van der Waals surface area (Å²) in [5, 5.41) is 3.06. The monoisotopic (exact) mass is 1060 g/mol. The molecule has 0 fully saturated rings. The van der Waals surface area contributed by atoms with E-state index < -0.39 is 14.4 Å². The van der Waals surface area contributed by atoms with Crippen molar-refractivity contribution in [2.75, 3.05) is 0 Å². The van der Waals surface area contributed by atoms with E-state index in [0.717, 1.165) is 55.6 Å². The number of pyridine rings is 2. The molecule has 0 atom stereocenters. The summed E-state index contributed by atoms with van der Waals surface area (Å²) >= 11 is 0. The maximum absolute atomic E-state index is 13.8. The van der Waals surface area contributed by atoms with Crippen LogP contribution in [0.1, 0.15) is 70.2 Å². The van der Waals surface area contributed by atoms with Crippen LogP contribution in [-0.4, -0.2) is 27.6 Å². The minimum Gasteiger partial charge on any atom is -0.486 e. The summed E-state index contributed by atoms with van der Waals surface area (Å²) in [5.74, 6) is 0.953. The third-order valence-corrected chi connectivity index (χ3v) is 13.9. The normalized spacial score (nSPS) is 12.3. The molecular formula is C58H53FIrN4OSi-2. The summed E-state index contributed by atoms with van der Waals surface area (Å²) < 4.78 is 40.4. The third kappa shape index (κ3) is 9.78. The summed E-state index contributed by atoms with van der Waals surface area (Å²) in [6.45, 7) is 16.4. The van der Waals surface area contributed by atoms with Crippen LogP contribution >= 0.6 is 0 Å². The summed E-state index contributed by atoms with van der Waals surface area (Å²) in [6, 6.07) is 54.8. The van der Waals surface area contributed by atoms with E-state index in [4.69, 9.17) is 17.1 Å². The van der Waals surface area contributed by atoms with Gasteiger partial charge in [-0.1, -0.05) is 137 Å². The van der Waals surface area contributed by atoms with Gasteiger partial charge in [0.1, 0.15) is 5.82 Å². The molecule has 1 radical (unpaired) electrons. The van der Waals surface area contributed by atoms with Gasteiger partial charge in [0.05, 0.1) is 30.5 Å². The van der Waals surface area contributed by atoms with Crippen LogP contribution in [0.25, 0.3) is 66.9 Å². The van der Waals surface area contributed by atoms with Gasteiger partial charge < -0.3 is 14.0 Å². The summed E-state index contributed by atoms with van der Waals surface area (Å²) in [5.41, 5.74) is 12.2. The fourth-order valence-corrected chi connectivity index (χ4v) is 9.44. The van der Waals surface area contributed by atoms with Crippen molar-refractivity contribution in [3.63, 3.8) is 0 Å². The smallest absolute Gasteiger partial charge is 0.216 e. The van der Waals surface area contributed by atoms with E-state index in [1.807, 2.05) is 97.2 Å². The number of para-hydroxylation sites is 2. The molecule has 0 aliphatic rings. The van der Waals surface area contributed by atoms with Crippen molar-refractivity contribution in [2.24, 2.45) is 0 Å². The first-order valence-corrected chi connectivity index (χ1v) is 25.8. The summed E-state index contributed by atoms with van der Waals surface area (Å²) in [4.78, 5) is 14.4. The van der Waals surface area contributed by atoms with Gasteiger partial charge >= 0.3 is 0 Å². The van der Waals surface area contributed by atoms with Gasteiger partial charge in [0, 0.05) is 53.0 Å². The van der Waals surface area contributed by atoms with E-state index in [1.54, 1.807) is 18.2 Å². The SMILES string of the molecule is C[Si](C)(C)c1ccc(-c2[c-]cccc2)nc1.[2H]C([2H])(c1ccccc1)c1ccc2c(n1)oc1c(-c3nc4ccccc4n3Cc3c(C(C)C)cc(-c4ccc(F)cc4)cc3C(C)C)[c-]ccc12.[Ir]. The average Bonchev–Trinajstić information content (AvgIpc) is 3.90.